The van der Waals surface area contributed by atoms with Crippen molar-refractivity contribution < 1.29 is 0 Å². The molecule has 1 fully saturated rings. The van der Waals surface area contributed by atoms with Gasteiger partial charge >= 0.3 is 0 Å². The van der Waals surface area contributed by atoms with Crippen molar-refractivity contribution in [2.45, 2.75) is 25.2 Å². The maximum absolute atomic E-state index is 3.28. The molecule has 13 heavy (non-hydrogen) atoms. The zero-order valence-corrected chi connectivity index (χ0v) is 8.43. The van der Waals surface area contributed by atoms with Gasteiger partial charge in [0.2, 0.25) is 0 Å². The smallest absolute Gasteiger partial charge is 0.00783 e. The van der Waals surface area contributed by atoms with Crippen molar-refractivity contribution in [1.82, 2.24) is 5.32 Å². The number of benzene rings is 1. The average Bonchev–Trinajstić information content (AvgIpc) is 2.87. The minimum atomic E-state index is 0.475. The molecule has 0 heterocycles. The van der Waals surface area contributed by atoms with Gasteiger partial charge in [-0.25, -0.2) is 0 Å². The van der Waals surface area contributed by atoms with Crippen LogP contribution in [0.4, 0.5) is 0 Å². The van der Waals surface area contributed by atoms with Gasteiger partial charge in [-0.15, -0.1) is 0 Å². The van der Waals surface area contributed by atoms with Crippen LogP contribution in [-0.2, 0) is 5.41 Å². The molecule has 0 aromatic heterocycles. The van der Waals surface area contributed by atoms with E-state index in [1.807, 2.05) is 7.05 Å². The van der Waals surface area contributed by atoms with Crippen molar-refractivity contribution in [2.24, 2.45) is 0 Å². The summed E-state index contributed by atoms with van der Waals surface area (Å²) in [7, 11) is 2.04. The number of aryl methyl sites for hydroxylation is 1. The van der Waals surface area contributed by atoms with E-state index in [9.17, 15) is 0 Å². The van der Waals surface area contributed by atoms with Gasteiger partial charge in [0.1, 0.15) is 0 Å². The maximum Gasteiger partial charge on any atom is 0.00783 e. The van der Waals surface area contributed by atoms with E-state index in [1.54, 1.807) is 0 Å². The highest BCUT2D eigenvalue weighted by Gasteiger charge is 2.43. The third-order valence-corrected chi connectivity index (χ3v) is 3.03. The van der Waals surface area contributed by atoms with Crippen LogP contribution >= 0.6 is 0 Å². The molecule has 0 bridgehead atoms. The summed E-state index contributed by atoms with van der Waals surface area (Å²) in [6.07, 6.45) is 2.69. The van der Waals surface area contributed by atoms with Crippen LogP contribution in [0.15, 0.2) is 24.3 Å². The van der Waals surface area contributed by atoms with E-state index in [0.29, 0.717) is 5.41 Å². The molecule has 0 saturated heterocycles. The summed E-state index contributed by atoms with van der Waals surface area (Å²) in [5.41, 5.74) is 3.33. The second-order valence-electron chi connectivity index (χ2n) is 4.18. The molecule has 0 atom stereocenters. The van der Waals surface area contributed by atoms with E-state index in [1.165, 1.54) is 24.0 Å². The van der Waals surface area contributed by atoms with Crippen LogP contribution in [-0.4, -0.2) is 13.6 Å². The first kappa shape index (κ1) is 8.76. The monoisotopic (exact) mass is 175 g/mol. The summed E-state index contributed by atoms with van der Waals surface area (Å²) >= 11 is 0. The van der Waals surface area contributed by atoms with Crippen molar-refractivity contribution >= 4 is 0 Å². The Morgan fingerprint density at radius 1 is 1.23 bits per heavy atom. The van der Waals surface area contributed by atoms with Crippen LogP contribution in [0.3, 0.4) is 0 Å². The van der Waals surface area contributed by atoms with E-state index >= 15 is 0 Å². The number of nitrogens with one attached hydrogen (secondary N) is 1. The van der Waals surface area contributed by atoms with Crippen molar-refractivity contribution in [1.29, 1.82) is 0 Å². The molecule has 0 spiro atoms. The molecular weight excluding hydrogens is 158 g/mol. The van der Waals surface area contributed by atoms with Crippen LogP contribution in [0.25, 0.3) is 0 Å². The molecule has 1 aromatic rings. The number of rotatable bonds is 3. The molecule has 1 N–H and O–H groups in total. The minimum Gasteiger partial charge on any atom is -0.319 e. The standard InChI is InChI=1S/C12H17N/c1-10-3-5-11(6-4-10)12(7-8-12)9-13-2/h3-6,13H,7-9H2,1-2H3. The largest absolute Gasteiger partial charge is 0.319 e. The molecule has 1 nitrogen and oxygen atoms in total. The normalized spacial score (nSPS) is 18.6. The van der Waals surface area contributed by atoms with Crippen LogP contribution in [0.2, 0.25) is 0 Å². The van der Waals surface area contributed by atoms with Crippen LogP contribution < -0.4 is 5.32 Å². The number of hydrogen-bond donors (Lipinski definition) is 1. The molecular formula is C12H17N. The topological polar surface area (TPSA) is 12.0 Å². The molecule has 1 saturated carbocycles. The molecule has 0 amide bonds. The van der Waals surface area contributed by atoms with Gasteiger partial charge in [-0.1, -0.05) is 29.8 Å². The lowest BCUT2D eigenvalue weighted by atomic mass is 9.95. The fraction of sp³-hybridized carbons (Fsp3) is 0.500. The SMILES string of the molecule is CNCC1(c2ccc(C)cc2)CC1. The molecule has 0 radical (unpaired) electrons. The molecule has 1 aromatic carbocycles. The Bertz CT molecular complexity index is 282. The third kappa shape index (κ3) is 1.61. The predicted octanol–water partition coefficient (Wildman–Crippen LogP) is 2.25. The Morgan fingerprint density at radius 2 is 1.85 bits per heavy atom. The highest BCUT2D eigenvalue weighted by Crippen LogP contribution is 2.47. The first-order chi connectivity index (χ1) is 6.27. The van der Waals surface area contributed by atoms with Crippen molar-refractivity contribution in [3.8, 4) is 0 Å². The lowest BCUT2D eigenvalue weighted by Gasteiger charge is -2.14. The molecule has 1 heteroatoms. The van der Waals surface area contributed by atoms with Gasteiger partial charge in [0.05, 0.1) is 0 Å². The average molecular weight is 175 g/mol. The van der Waals surface area contributed by atoms with Crippen LogP contribution in [0, 0.1) is 6.92 Å². The van der Waals surface area contributed by atoms with Gasteiger partial charge in [-0.2, -0.15) is 0 Å². The second-order valence-corrected chi connectivity index (χ2v) is 4.18. The van der Waals surface area contributed by atoms with Gasteiger partial charge in [-0.3, -0.25) is 0 Å². The summed E-state index contributed by atoms with van der Waals surface area (Å²) in [5, 5.41) is 3.28. The molecule has 0 aliphatic heterocycles. The molecule has 70 valence electrons. The van der Waals surface area contributed by atoms with Gasteiger partial charge < -0.3 is 5.32 Å². The quantitative estimate of drug-likeness (QED) is 0.743. The Morgan fingerprint density at radius 3 is 2.31 bits per heavy atom. The van der Waals surface area contributed by atoms with E-state index in [4.69, 9.17) is 0 Å². The summed E-state index contributed by atoms with van der Waals surface area (Å²) in [5.74, 6) is 0. The lowest BCUT2D eigenvalue weighted by Crippen LogP contribution is -2.23. The molecule has 1 aliphatic carbocycles. The zero-order chi connectivity index (χ0) is 9.31. The van der Waals surface area contributed by atoms with E-state index < -0.39 is 0 Å². The first-order valence-corrected chi connectivity index (χ1v) is 4.99. The molecule has 0 unspecified atom stereocenters. The van der Waals surface area contributed by atoms with Crippen molar-refractivity contribution in [2.75, 3.05) is 13.6 Å². The van der Waals surface area contributed by atoms with Crippen molar-refractivity contribution in [3.63, 3.8) is 0 Å². The van der Waals surface area contributed by atoms with Gasteiger partial charge in [0.25, 0.3) is 0 Å². The number of hydrogen-bond acceptors (Lipinski definition) is 1. The Labute approximate surface area is 80.2 Å². The fourth-order valence-electron chi connectivity index (χ4n) is 1.96. The second kappa shape index (κ2) is 3.15. The van der Waals surface area contributed by atoms with Gasteiger partial charge in [0, 0.05) is 12.0 Å². The van der Waals surface area contributed by atoms with Gasteiger partial charge in [-0.05, 0) is 32.4 Å². The first-order valence-electron chi connectivity index (χ1n) is 4.99. The van der Waals surface area contributed by atoms with E-state index in [0.717, 1.165) is 6.54 Å². The highest BCUT2D eigenvalue weighted by molar-refractivity contribution is 5.33. The Balaban J connectivity index is 2.20. The van der Waals surface area contributed by atoms with Crippen molar-refractivity contribution in [3.05, 3.63) is 35.4 Å². The van der Waals surface area contributed by atoms with E-state index in [2.05, 4.69) is 36.5 Å². The Hall–Kier alpha value is -0.820. The summed E-state index contributed by atoms with van der Waals surface area (Å²) in [6, 6.07) is 8.98. The predicted molar refractivity (Wildman–Crippen MR) is 56.0 cm³/mol. The molecule has 2 rings (SSSR count). The minimum absolute atomic E-state index is 0.475. The summed E-state index contributed by atoms with van der Waals surface area (Å²) in [4.78, 5) is 0. The lowest BCUT2D eigenvalue weighted by molar-refractivity contribution is 0.624. The number of likely N-dealkylation sites (N-methyl/N-ethyl adjacent to an activating group) is 1. The third-order valence-electron chi connectivity index (χ3n) is 3.03. The summed E-state index contributed by atoms with van der Waals surface area (Å²) < 4.78 is 0. The van der Waals surface area contributed by atoms with Gasteiger partial charge in [0.15, 0.2) is 0 Å². The zero-order valence-electron chi connectivity index (χ0n) is 8.43. The van der Waals surface area contributed by atoms with E-state index in [-0.39, 0.29) is 0 Å². The molecule has 1 aliphatic rings. The van der Waals surface area contributed by atoms with Crippen LogP contribution in [0.5, 0.6) is 0 Å². The highest BCUT2D eigenvalue weighted by atomic mass is 14.8. The summed E-state index contributed by atoms with van der Waals surface area (Å²) in [6.45, 7) is 3.26. The Kier molecular flexibility index (Phi) is 2.12. The maximum atomic E-state index is 3.28. The van der Waals surface area contributed by atoms with Crippen LogP contribution in [0.1, 0.15) is 24.0 Å². The fourth-order valence-corrected chi connectivity index (χ4v) is 1.96.